The lowest BCUT2D eigenvalue weighted by Gasteiger charge is -2.24. The highest BCUT2D eigenvalue weighted by Gasteiger charge is 2.26. The van der Waals surface area contributed by atoms with Crippen molar-refractivity contribution < 1.29 is 9.84 Å². The zero-order chi connectivity index (χ0) is 15.9. The number of hydrogen-bond acceptors (Lipinski definition) is 5. The van der Waals surface area contributed by atoms with Crippen molar-refractivity contribution in [1.82, 2.24) is 14.5 Å². The first-order valence-electron chi connectivity index (χ1n) is 6.85. The van der Waals surface area contributed by atoms with Gasteiger partial charge in [0.1, 0.15) is 17.8 Å². The quantitative estimate of drug-likeness (QED) is 0.814. The minimum absolute atomic E-state index is 0.226. The van der Waals surface area contributed by atoms with Gasteiger partial charge in [0.15, 0.2) is 5.60 Å². The average molecular weight is 290 g/mol. The SMILES string of the molecule is C#CC(CO)(CCn1ccc2c(N)ncnc21)OC.CC. The Kier molecular flexibility index (Phi) is 6.15. The maximum absolute atomic E-state index is 9.34. The normalized spacial score (nSPS) is 13.1. The molecule has 1 unspecified atom stereocenters. The molecule has 0 aromatic carbocycles. The summed E-state index contributed by atoms with van der Waals surface area (Å²) in [5, 5.41) is 10.1. The molecule has 1 atom stereocenters. The van der Waals surface area contributed by atoms with Gasteiger partial charge in [0.2, 0.25) is 0 Å². The number of ether oxygens (including phenoxy) is 1. The van der Waals surface area contributed by atoms with Crippen LogP contribution in [0, 0.1) is 12.3 Å². The Labute approximate surface area is 125 Å². The van der Waals surface area contributed by atoms with Crippen LogP contribution in [-0.4, -0.2) is 39.0 Å². The average Bonchev–Trinajstić information content (AvgIpc) is 2.96. The van der Waals surface area contributed by atoms with Crippen LogP contribution < -0.4 is 5.73 Å². The predicted molar refractivity (Wildman–Crippen MR) is 83.6 cm³/mol. The molecule has 2 aromatic heterocycles. The summed E-state index contributed by atoms with van der Waals surface area (Å²) in [4.78, 5) is 8.13. The lowest BCUT2D eigenvalue weighted by Crippen LogP contribution is -2.35. The Hall–Kier alpha value is -2.10. The van der Waals surface area contributed by atoms with Crippen molar-refractivity contribution >= 4 is 16.9 Å². The van der Waals surface area contributed by atoms with Crippen LogP contribution in [0.25, 0.3) is 11.0 Å². The highest BCUT2D eigenvalue weighted by molar-refractivity contribution is 5.85. The van der Waals surface area contributed by atoms with Crippen LogP contribution in [0.5, 0.6) is 0 Å². The minimum atomic E-state index is -0.963. The van der Waals surface area contributed by atoms with E-state index in [0.29, 0.717) is 18.8 Å². The molecule has 0 fully saturated rings. The molecule has 0 amide bonds. The molecule has 6 nitrogen and oxygen atoms in total. The summed E-state index contributed by atoms with van der Waals surface area (Å²) in [6.07, 6.45) is 9.18. The van der Waals surface area contributed by atoms with E-state index >= 15 is 0 Å². The smallest absolute Gasteiger partial charge is 0.152 e. The molecule has 0 saturated heterocycles. The molecule has 0 radical (unpaired) electrons. The van der Waals surface area contributed by atoms with Crippen LogP contribution in [-0.2, 0) is 11.3 Å². The first-order chi connectivity index (χ1) is 10.2. The van der Waals surface area contributed by atoms with E-state index in [4.69, 9.17) is 16.9 Å². The highest BCUT2D eigenvalue weighted by Crippen LogP contribution is 2.20. The van der Waals surface area contributed by atoms with E-state index in [0.717, 1.165) is 11.0 Å². The lowest BCUT2D eigenvalue weighted by molar-refractivity contribution is -0.0147. The largest absolute Gasteiger partial charge is 0.392 e. The van der Waals surface area contributed by atoms with Crippen molar-refractivity contribution in [2.75, 3.05) is 19.5 Å². The number of rotatable bonds is 5. The summed E-state index contributed by atoms with van der Waals surface area (Å²) in [6.45, 7) is 4.34. The molecule has 0 saturated carbocycles. The van der Waals surface area contributed by atoms with Gasteiger partial charge < -0.3 is 20.1 Å². The van der Waals surface area contributed by atoms with Gasteiger partial charge in [-0.05, 0) is 6.07 Å². The van der Waals surface area contributed by atoms with Gasteiger partial charge in [-0.2, -0.15) is 0 Å². The standard InChI is InChI=1S/C13H16N4O2.C2H6/c1-3-13(8-18,19-2)5-7-17-6-4-10-11(14)15-9-16-12(10)17;1-2/h1,4,6,9,18H,5,7-8H2,2H3,(H2,14,15,16);1-2H3. The molecular weight excluding hydrogens is 268 g/mol. The molecule has 0 bridgehead atoms. The van der Waals surface area contributed by atoms with Crippen molar-refractivity contribution in [1.29, 1.82) is 0 Å². The van der Waals surface area contributed by atoms with E-state index in [1.807, 2.05) is 30.7 Å². The zero-order valence-electron chi connectivity index (χ0n) is 12.7. The number of fused-ring (bicyclic) bond motifs is 1. The molecule has 0 spiro atoms. The number of anilines is 1. The van der Waals surface area contributed by atoms with Gasteiger partial charge in [-0.1, -0.05) is 19.8 Å². The van der Waals surface area contributed by atoms with E-state index in [9.17, 15) is 5.11 Å². The fourth-order valence-electron chi connectivity index (χ4n) is 1.93. The third-order valence-electron chi connectivity index (χ3n) is 3.25. The Morgan fingerprint density at radius 1 is 1.48 bits per heavy atom. The van der Waals surface area contributed by atoms with Crippen molar-refractivity contribution in [3.8, 4) is 12.3 Å². The van der Waals surface area contributed by atoms with Crippen LogP contribution in [0.3, 0.4) is 0 Å². The lowest BCUT2D eigenvalue weighted by atomic mass is 10.0. The van der Waals surface area contributed by atoms with Gasteiger partial charge in [0.25, 0.3) is 0 Å². The molecule has 114 valence electrons. The fourth-order valence-corrected chi connectivity index (χ4v) is 1.93. The number of aliphatic hydroxyl groups excluding tert-OH is 1. The number of nitrogens with two attached hydrogens (primary N) is 1. The zero-order valence-corrected chi connectivity index (χ0v) is 12.7. The van der Waals surface area contributed by atoms with Crippen LogP contribution in [0.4, 0.5) is 5.82 Å². The van der Waals surface area contributed by atoms with Gasteiger partial charge in [0.05, 0.1) is 12.0 Å². The fraction of sp³-hybridized carbons (Fsp3) is 0.467. The Balaban J connectivity index is 0.00000106. The molecule has 21 heavy (non-hydrogen) atoms. The van der Waals surface area contributed by atoms with E-state index in [1.54, 1.807) is 0 Å². The second kappa shape index (κ2) is 7.62. The number of aliphatic hydroxyl groups is 1. The van der Waals surface area contributed by atoms with Gasteiger partial charge in [-0.15, -0.1) is 6.42 Å². The molecule has 6 heteroatoms. The summed E-state index contributed by atoms with van der Waals surface area (Å²) >= 11 is 0. The van der Waals surface area contributed by atoms with Crippen molar-refractivity contribution in [3.63, 3.8) is 0 Å². The molecule has 2 heterocycles. The van der Waals surface area contributed by atoms with Crippen molar-refractivity contribution in [2.45, 2.75) is 32.4 Å². The third-order valence-corrected chi connectivity index (χ3v) is 3.25. The third kappa shape index (κ3) is 3.51. The Bertz CT molecular complexity index is 612. The molecule has 0 aliphatic rings. The van der Waals surface area contributed by atoms with E-state index in [1.165, 1.54) is 13.4 Å². The first kappa shape index (κ1) is 17.0. The summed E-state index contributed by atoms with van der Waals surface area (Å²) in [5.74, 6) is 2.94. The number of nitrogen functional groups attached to an aromatic ring is 1. The van der Waals surface area contributed by atoms with Crippen LogP contribution in [0.2, 0.25) is 0 Å². The molecule has 2 rings (SSSR count). The molecule has 0 aliphatic carbocycles. The first-order valence-corrected chi connectivity index (χ1v) is 6.85. The summed E-state index contributed by atoms with van der Waals surface area (Å²) in [6, 6.07) is 1.86. The topological polar surface area (TPSA) is 86.2 Å². The van der Waals surface area contributed by atoms with Gasteiger partial charge in [-0.25, -0.2) is 9.97 Å². The maximum atomic E-state index is 9.34. The Morgan fingerprint density at radius 2 is 2.19 bits per heavy atom. The molecule has 2 aromatic rings. The van der Waals surface area contributed by atoms with E-state index in [2.05, 4.69) is 15.9 Å². The molecule has 3 N–H and O–H groups in total. The van der Waals surface area contributed by atoms with Crippen LogP contribution in [0.15, 0.2) is 18.6 Å². The summed E-state index contributed by atoms with van der Waals surface area (Å²) in [5.41, 5.74) is 5.55. The highest BCUT2D eigenvalue weighted by atomic mass is 16.5. The predicted octanol–water partition coefficient (Wildman–Crippen LogP) is 1.44. The number of terminal acetylenes is 1. The molecule has 0 aliphatic heterocycles. The number of hydrogen-bond donors (Lipinski definition) is 2. The minimum Gasteiger partial charge on any atom is -0.392 e. The maximum Gasteiger partial charge on any atom is 0.152 e. The summed E-state index contributed by atoms with van der Waals surface area (Å²) < 4.78 is 7.12. The van der Waals surface area contributed by atoms with Gasteiger partial charge >= 0.3 is 0 Å². The van der Waals surface area contributed by atoms with Crippen molar-refractivity contribution in [2.24, 2.45) is 0 Å². The summed E-state index contributed by atoms with van der Waals surface area (Å²) in [7, 11) is 1.49. The number of nitrogens with zero attached hydrogens (tertiary/aromatic N) is 3. The monoisotopic (exact) mass is 290 g/mol. The van der Waals surface area contributed by atoms with Crippen LogP contribution in [0.1, 0.15) is 20.3 Å². The van der Waals surface area contributed by atoms with Gasteiger partial charge in [0, 0.05) is 26.3 Å². The van der Waals surface area contributed by atoms with E-state index in [-0.39, 0.29) is 6.61 Å². The second-order valence-corrected chi connectivity index (χ2v) is 4.26. The number of aryl methyl sites for hydroxylation is 1. The van der Waals surface area contributed by atoms with Crippen molar-refractivity contribution in [3.05, 3.63) is 18.6 Å². The number of aromatic nitrogens is 3. The van der Waals surface area contributed by atoms with Gasteiger partial charge in [-0.3, -0.25) is 0 Å². The van der Waals surface area contributed by atoms with E-state index < -0.39 is 5.60 Å². The second-order valence-electron chi connectivity index (χ2n) is 4.26. The van der Waals surface area contributed by atoms with Crippen LogP contribution >= 0.6 is 0 Å². The number of methoxy groups -OCH3 is 1. The Morgan fingerprint density at radius 3 is 2.76 bits per heavy atom. The molecular formula is C15H22N4O2.